The molecule has 29 heavy (non-hydrogen) atoms. The Balaban J connectivity index is 3.12. The summed E-state index contributed by atoms with van der Waals surface area (Å²) in [6, 6.07) is 0. The number of phosphoric ester groups is 1. The molecule has 1 rings (SSSR count). The van der Waals surface area contributed by atoms with Gasteiger partial charge in [0.15, 0.2) is 0 Å². The minimum absolute atomic E-state index is 0.0407. The largest absolute Gasteiger partial charge is 0.526 e. The number of ether oxygens (including phenoxy) is 1. The number of allylic oxidation sites excluding steroid dienone is 5. The van der Waals surface area contributed by atoms with Crippen LogP contribution in [0.1, 0.15) is 41.5 Å². The fraction of sp³-hybridized carbons (Fsp3) is 0.600. The molecule has 0 aliphatic carbocycles. The minimum Gasteiger partial charge on any atom is -0.377 e. The lowest BCUT2D eigenvalue weighted by Crippen LogP contribution is -2.38. The monoisotopic (exact) mass is 423 g/mol. The van der Waals surface area contributed by atoms with Gasteiger partial charge in [-0.3, -0.25) is 4.52 Å². The SMILES string of the molecule is [C-]#[N+]C([N+]#[C-])=C1C=C(C(C)(C)C)N(CCOCCOP(=O)(O)O)C(C(C)(C)C)=C1. The first-order valence-corrected chi connectivity index (χ1v) is 10.7. The van der Waals surface area contributed by atoms with Crippen molar-refractivity contribution in [1.82, 2.24) is 4.90 Å². The Morgan fingerprint density at radius 2 is 1.48 bits per heavy atom. The van der Waals surface area contributed by atoms with Crippen LogP contribution >= 0.6 is 7.82 Å². The summed E-state index contributed by atoms with van der Waals surface area (Å²) in [4.78, 5) is 26.3. The van der Waals surface area contributed by atoms with E-state index in [4.69, 9.17) is 27.7 Å². The van der Waals surface area contributed by atoms with Gasteiger partial charge in [-0.05, 0) is 12.2 Å². The van der Waals surface area contributed by atoms with Gasteiger partial charge in [0.1, 0.15) is 13.1 Å². The molecule has 0 amide bonds. The number of nitrogens with zero attached hydrogens (tertiary/aromatic N) is 3. The molecule has 0 bridgehead atoms. The van der Waals surface area contributed by atoms with Crippen LogP contribution in [0.5, 0.6) is 0 Å². The van der Waals surface area contributed by atoms with E-state index in [0.717, 1.165) is 11.4 Å². The quantitative estimate of drug-likeness (QED) is 0.360. The summed E-state index contributed by atoms with van der Waals surface area (Å²) in [7, 11) is -4.49. The minimum atomic E-state index is -4.49. The van der Waals surface area contributed by atoms with Crippen LogP contribution in [0, 0.1) is 24.0 Å². The van der Waals surface area contributed by atoms with Crippen molar-refractivity contribution in [2.45, 2.75) is 41.5 Å². The highest BCUT2D eigenvalue weighted by atomic mass is 31.2. The van der Waals surface area contributed by atoms with Gasteiger partial charge in [0.25, 0.3) is 0 Å². The van der Waals surface area contributed by atoms with E-state index in [-0.39, 0.29) is 29.9 Å². The molecule has 9 heteroatoms. The lowest BCUT2D eigenvalue weighted by molar-refractivity contribution is 0.0733. The molecule has 0 aromatic heterocycles. The second kappa shape index (κ2) is 9.71. The molecule has 0 aromatic rings. The van der Waals surface area contributed by atoms with Gasteiger partial charge in [-0.25, -0.2) is 4.57 Å². The van der Waals surface area contributed by atoms with E-state index in [9.17, 15) is 4.57 Å². The molecule has 0 saturated carbocycles. The van der Waals surface area contributed by atoms with E-state index in [1.165, 1.54) is 0 Å². The van der Waals surface area contributed by atoms with Crippen molar-refractivity contribution in [3.63, 3.8) is 0 Å². The average Bonchev–Trinajstić information content (AvgIpc) is 2.56. The van der Waals surface area contributed by atoms with Crippen LogP contribution in [0.4, 0.5) is 0 Å². The third kappa shape index (κ3) is 7.78. The molecule has 8 nitrogen and oxygen atoms in total. The van der Waals surface area contributed by atoms with E-state index >= 15 is 0 Å². The highest BCUT2D eigenvalue weighted by molar-refractivity contribution is 7.46. The molecule has 0 saturated heterocycles. The topological polar surface area (TPSA) is 88.0 Å². The fourth-order valence-electron chi connectivity index (χ4n) is 2.86. The van der Waals surface area contributed by atoms with Crippen molar-refractivity contribution in [3.8, 4) is 0 Å². The third-order valence-corrected chi connectivity index (χ3v) is 4.64. The Morgan fingerprint density at radius 1 is 1.00 bits per heavy atom. The van der Waals surface area contributed by atoms with E-state index in [1.54, 1.807) is 0 Å². The summed E-state index contributed by atoms with van der Waals surface area (Å²) in [5.41, 5.74) is 2.07. The van der Waals surface area contributed by atoms with Crippen LogP contribution in [0.2, 0.25) is 0 Å². The van der Waals surface area contributed by atoms with Crippen LogP contribution in [-0.4, -0.2) is 41.1 Å². The first-order valence-electron chi connectivity index (χ1n) is 9.19. The van der Waals surface area contributed by atoms with Crippen LogP contribution in [0.3, 0.4) is 0 Å². The molecule has 160 valence electrons. The molecular formula is C20H30N3O5P. The van der Waals surface area contributed by atoms with Crippen LogP contribution in [0.25, 0.3) is 9.69 Å². The number of phosphoric acid groups is 1. The molecule has 1 aliphatic heterocycles. The summed E-state index contributed by atoms with van der Waals surface area (Å²) < 4.78 is 20.6. The van der Waals surface area contributed by atoms with Crippen molar-refractivity contribution >= 4 is 7.82 Å². The maximum absolute atomic E-state index is 10.7. The van der Waals surface area contributed by atoms with E-state index in [1.807, 2.05) is 12.2 Å². The first-order chi connectivity index (χ1) is 13.2. The van der Waals surface area contributed by atoms with Gasteiger partial charge < -0.3 is 19.4 Å². The van der Waals surface area contributed by atoms with Gasteiger partial charge >= 0.3 is 13.6 Å². The highest BCUT2D eigenvalue weighted by Gasteiger charge is 2.34. The molecule has 0 radical (unpaired) electrons. The second-order valence-electron chi connectivity index (χ2n) is 8.65. The first kappa shape index (κ1) is 25.1. The molecular weight excluding hydrogens is 393 g/mol. The Labute approximate surface area is 173 Å². The zero-order chi connectivity index (χ0) is 22.5. The standard InChI is InChI=1S/C20H30N3O5P/c1-19(2,3)16-13-15(18(21-7)22-8)14-17(20(4,5)6)23(16)9-10-27-11-12-28-29(24,25)26/h13-14H,9-12H2,1-6H3,(H2,24,25,26). The maximum Gasteiger partial charge on any atom is 0.526 e. The highest BCUT2D eigenvalue weighted by Crippen LogP contribution is 2.42. The summed E-state index contributed by atoms with van der Waals surface area (Å²) >= 11 is 0. The molecule has 2 N–H and O–H groups in total. The summed E-state index contributed by atoms with van der Waals surface area (Å²) in [6.45, 7) is 27.7. The zero-order valence-corrected chi connectivity index (χ0v) is 18.8. The number of rotatable bonds is 7. The molecule has 0 fully saturated rings. The molecule has 0 spiro atoms. The molecule has 1 heterocycles. The van der Waals surface area contributed by atoms with Gasteiger partial charge in [-0.1, -0.05) is 41.5 Å². The van der Waals surface area contributed by atoms with Gasteiger partial charge in [0.05, 0.1) is 25.4 Å². The molecule has 0 aromatic carbocycles. The van der Waals surface area contributed by atoms with Crippen molar-refractivity contribution in [1.29, 1.82) is 0 Å². The number of hydrogen-bond acceptors (Lipinski definition) is 4. The predicted molar refractivity (Wildman–Crippen MR) is 111 cm³/mol. The lowest BCUT2D eigenvalue weighted by atomic mass is 9.82. The Kier molecular flexibility index (Phi) is 8.41. The van der Waals surface area contributed by atoms with E-state index in [0.29, 0.717) is 18.7 Å². The van der Waals surface area contributed by atoms with Crippen molar-refractivity contribution in [2.24, 2.45) is 10.8 Å². The smallest absolute Gasteiger partial charge is 0.377 e. The lowest BCUT2D eigenvalue weighted by Gasteiger charge is -2.43. The fourth-order valence-corrected chi connectivity index (χ4v) is 3.17. The molecule has 0 atom stereocenters. The normalized spacial score (nSPS) is 15.4. The molecule has 1 aliphatic rings. The van der Waals surface area contributed by atoms with Crippen LogP contribution < -0.4 is 0 Å². The number of hydrogen-bond donors (Lipinski definition) is 2. The van der Waals surface area contributed by atoms with E-state index in [2.05, 4.69) is 60.7 Å². The third-order valence-electron chi connectivity index (χ3n) is 4.12. The summed E-state index contributed by atoms with van der Waals surface area (Å²) in [5, 5.41) is 0. The van der Waals surface area contributed by atoms with Crippen LogP contribution in [-0.2, 0) is 13.8 Å². The second-order valence-corrected chi connectivity index (χ2v) is 9.89. The zero-order valence-electron chi connectivity index (χ0n) is 17.9. The Bertz CT molecular complexity index is 776. The predicted octanol–water partition coefficient (Wildman–Crippen LogP) is 4.34. The van der Waals surface area contributed by atoms with Gasteiger partial charge in [-0.2, -0.15) is 9.69 Å². The van der Waals surface area contributed by atoms with Crippen molar-refractivity contribution < 1.29 is 23.6 Å². The van der Waals surface area contributed by atoms with Gasteiger partial charge in [0.2, 0.25) is 0 Å². The Morgan fingerprint density at radius 3 is 1.86 bits per heavy atom. The van der Waals surface area contributed by atoms with Gasteiger partial charge in [0, 0.05) is 28.8 Å². The Hall–Kier alpha value is -1.93. The summed E-state index contributed by atoms with van der Waals surface area (Å²) in [6.07, 6.45) is 3.77. The summed E-state index contributed by atoms with van der Waals surface area (Å²) in [5.74, 6) is 0.0407. The van der Waals surface area contributed by atoms with E-state index < -0.39 is 7.82 Å². The van der Waals surface area contributed by atoms with Crippen molar-refractivity contribution in [3.05, 3.63) is 57.8 Å². The molecule has 0 unspecified atom stereocenters. The maximum atomic E-state index is 10.7. The van der Waals surface area contributed by atoms with Crippen molar-refractivity contribution in [2.75, 3.05) is 26.4 Å². The van der Waals surface area contributed by atoms with Crippen LogP contribution in [0.15, 0.2) is 34.9 Å². The van der Waals surface area contributed by atoms with Gasteiger partial charge in [-0.15, -0.1) is 0 Å². The average molecular weight is 423 g/mol.